The highest BCUT2D eigenvalue weighted by molar-refractivity contribution is 7.90. The fourth-order valence-corrected chi connectivity index (χ4v) is 2.73. The van der Waals surface area contributed by atoms with Gasteiger partial charge in [-0.05, 0) is 24.1 Å². The normalized spacial score (nSPS) is 11.4. The Morgan fingerprint density at radius 2 is 1.83 bits per heavy atom. The zero-order valence-corrected chi connectivity index (χ0v) is 13.8. The molecule has 2 aromatic rings. The van der Waals surface area contributed by atoms with Gasteiger partial charge < -0.3 is 15.1 Å². The number of hydrogen-bond acceptors (Lipinski definition) is 5. The van der Waals surface area contributed by atoms with Gasteiger partial charge in [0.15, 0.2) is 5.76 Å². The van der Waals surface area contributed by atoms with Gasteiger partial charge in [-0.3, -0.25) is 4.79 Å². The molecule has 0 aliphatic carbocycles. The predicted molar refractivity (Wildman–Crippen MR) is 86.9 cm³/mol. The molecule has 6 nitrogen and oxygen atoms in total. The molecule has 1 heterocycles. The van der Waals surface area contributed by atoms with Gasteiger partial charge in [-0.1, -0.05) is 30.3 Å². The molecule has 1 aromatic heterocycles. The number of carbonyl (C=O) groups is 1. The first-order valence-electron chi connectivity index (χ1n) is 7.25. The summed E-state index contributed by atoms with van der Waals surface area (Å²) in [5.41, 5.74) is 6.68. The van der Waals surface area contributed by atoms with Crippen LogP contribution in [-0.2, 0) is 16.3 Å². The van der Waals surface area contributed by atoms with E-state index < -0.39 is 9.84 Å². The first kappa shape index (κ1) is 17.2. The number of carbonyl (C=O) groups excluding carboxylic acids is 1. The summed E-state index contributed by atoms with van der Waals surface area (Å²) in [4.78, 5) is 14.0. The number of sulfone groups is 1. The fourth-order valence-electron chi connectivity index (χ4n) is 2.17. The van der Waals surface area contributed by atoms with E-state index in [9.17, 15) is 13.2 Å². The van der Waals surface area contributed by atoms with Crippen LogP contribution in [0.25, 0.3) is 0 Å². The molecule has 2 rings (SSSR count). The van der Waals surface area contributed by atoms with Crippen LogP contribution in [0.2, 0.25) is 0 Å². The van der Waals surface area contributed by atoms with Crippen molar-refractivity contribution in [2.24, 2.45) is 5.73 Å². The van der Waals surface area contributed by atoms with Crippen LogP contribution in [0, 0.1) is 0 Å². The summed E-state index contributed by atoms with van der Waals surface area (Å²) in [7, 11) is -3.47. The summed E-state index contributed by atoms with van der Waals surface area (Å²) in [6.45, 7) is 1.18. The topological polar surface area (TPSA) is 93.6 Å². The van der Waals surface area contributed by atoms with Crippen LogP contribution in [0.15, 0.2) is 52.0 Å². The van der Waals surface area contributed by atoms with Gasteiger partial charge >= 0.3 is 0 Å². The molecule has 0 unspecified atom stereocenters. The van der Waals surface area contributed by atoms with Crippen molar-refractivity contribution in [3.63, 3.8) is 0 Å². The number of hydrogen-bond donors (Lipinski definition) is 1. The fraction of sp³-hybridized carbons (Fsp3) is 0.312. The molecule has 0 atom stereocenters. The average Bonchev–Trinajstić information content (AvgIpc) is 3.02. The van der Waals surface area contributed by atoms with Crippen LogP contribution >= 0.6 is 0 Å². The standard InChI is InChI=1S/C16H20N2O4S/c1-23(20,21)15-8-7-14(22-15)16(19)18(12-10-17)11-9-13-5-3-2-4-6-13/h2-8H,9-12,17H2,1H3. The Bertz CT molecular complexity index is 753. The van der Waals surface area contributed by atoms with E-state index >= 15 is 0 Å². The molecule has 1 amide bonds. The van der Waals surface area contributed by atoms with Gasteiger partial charge in [0.2, 0.25) is 14.9 Å². The van der Waals surface area contributed by atoms with Crippen molar-refractivity contribution >= 4 is 15.7 Å². The number of nitrogens with two attached hydrogens (primary N) is 1. The molecule has 7 heteroatoms. The summed E-state index contributed by atoms with van der Waals surface area (Å²) >= 11 is 0. The molecule has 0 aliphatic rings. The minimum Gasteiger partial charge on any atom is -0.440 e. The Morgan fingerprint density at radius 1 is 1.13 bits per heavy atom. The second kappa shape index (κ2) is 7.43. The van der Waals surface area contributed by atoms with Crippen LogP contribution < -0.4 is 5.73 Å². The Kier molecular flexibility index (Phi) is 5.57. The number of furan rings is 1. The largest absolute Gasteiger partial charge is 0.440 e. The third-order valence-electron chi connectivity index (χ3n) is 3.36. The Hall–Kier alpha value is -2.12. The SMILES string of the molecule is CS(=O)(=O)c1ccc(C(=O)N(CCN)CCc2ccccc2)o1. The minimum atomic E-state index is -3.47. The Morgan fingerprint density at radius 3 is 2.39 bits per heavy atom. The van der Waals surface area contributed by atoms with E-state index in [0.717, 1.165) is 11.8 Å². The minimum absolute atomic E-state index is 0.00642. The van der Waals surface area contributed by atoms with E-state index in [1.54, 1.807) is 4.90 Å². The number of rotatable bonds is 7. The highest BCUT2D eigenvalue weighted by Crippen LogP contribution is 2.15. The lowest BCUT2D eigenvalue weighted by Crippen LogP contribution is -2.36. The summed E-state index contributed by atoms with van der Waals surface area (Å²) < 4.78 is 28.0. The van der Waals surface area contributed by atoms with E-state index in [2.05, 4.69) is 0 Å². The first-order chi connectivity index (χ1) is 10.9. The number of nitrogens with zero attached hydrogens (tertiary/aromatic N) is 1. The van der Waals surface area contributed by atoms with Gasteiger partial charge in [0.05, 0.1) is 0 Å². The quantitative estimate of drug-likeness (QED) is 0.823. The van der Waals surface area contributed by atoms with Crippen molar-refractivity contribution in [3.05, 3.63) is 53.8 Å². The first-order valence-corrected chi connectivity index (χ1v) is 9.14. The summed E-state index contributed by atoms with van der Waals surface area (Å²) in [6.07, 6.45) is 1.72. The van der Waals surface area contributed by atoms with Crippen LogP contribution in [-0.4, -0.2) is 45.1 Å². The monoisotopic (exact) mass is 336 g/mol. The van der Waals surface area contributed by atoms with Crippen molar-refractivity contribution in [3.8, 4) is 0 Å². The lowest BCUT2D eigenvalue weighted by Gasteiger charge is -2.20. The molecular formula is C16H20N2O4S. The molecule has 124 valence electrons. The van der Waals surface area contributed by atoms with Crippen molar-refractivity contribution in [2.45, 2.75) is 11.5 Å². The maximum Gasteiger partial charge on any atom is 0.289 e. The van der Waals surface area contributed by atoms with Crippen molar-refractivity contribution in [1.29, 1.82) is 0 Å². The van der Waals surface area contributed by atoms with Crippen molar-refractivity contribution in [2.75, 3.05) is 25.9 Å². The molecule has 2 N–H and O–H groups in total. The Labute approximate surface area is 135 Å². The molecule has 0 radical (unpaired) electrons. The third-order valence-corrected chi connectivity index (χ3v) is 4.31. The van der Waals surface area contributed by atoms with Gasteiger partial charge in [-0.15, -0.1) is 0 Å². The Balaban J connectivity index is 2.10. The number of benzene rings is 1. The highest BCUT2D eigenvalue weighted by atomic mass is 32.2. The average molecular weight is 336 g/mol. The zero-order valence-electron chi connectivity index (χ0n) is 12.9. The van der Waals surface area contributed by atoms with Crippen LogP contribution in [0.1, 0.15) is 16.1 Å². The van der Waals surface area contributed by atoms with Crippen molar-refractivity contribution < 1.29 is 17.6 Å². The second-order valence-corrected chi connectivity index (χ2v) is 7.15. The molecule has 0 aliphatic heterocycles. The van der Waals surface area contributed by atoms with E-state index in [-0.39, 0.29) is 16.8 Å². The highest BCUT2D eigenvalue weighted by Gasteiger charge is 2.21. The molecule has 0 saturated heterocycles. The molecule has 0 bridgehead atoms. The molecular weight excluding hydrogens is 316 g/mol. The van der Waals surface area contributed by atoms with Crippen LogP contribution in [0.3, 0.4) is 0 Å². The second-order valence-electron chi connectivity index (χ2n) is 5.21. The van der Waals surface area contributed by atoms with Gasteiger partial charge in [0.1, 0.15) is 0 Å². The van der Waals surface area contributed by atoms with E-state index in [0.29, 0.717) is 26.1 Å². The predicted octanol–water partition coefficient (Wildman–Crippen LogP) is 1.33. The van der Waals surface area contributed by atoms with E-state index in [1.807, 2.05) is 30.3 Å². The molecule has 0 spiro atoms. The molecule has 1 aromatic carbocycles. The third kappa shape index (κ3) is 4.67. The van der Waals surface area contributed by atoms with Crippen LogP contribution in [0.5, 0.6) is 0 Å². The van der Waals surface area contributed by atoms with Gasteiger partial charge in [-0.2, -0.15) is 0 Å². The zero-order chi connectivity index (χ0) is 16.9. The van der Waals surface area contributed by atoms with Crippen molar-refractivity contribution in [1.82, 2.24) is 4.90 Å². The lowest BCUT2D eigenvalue weighted by atomic mass is 10.1. The van der Waals surface area contributed by atoms with Crippen LogP contribution in [0.4, 0.5) is 0 Å². The smallest absolute Gasteiger partial charge is 0.289 e. The molecule has 0 saturated carbocycles. The van der Waals surface area contributed by atoms with E-state index in [4.69, 9.17) is 10.2 Å². The molecule has 0 fully saturated rings. The van der Waals surface area contributed by atoms with Gasteiger partial charge in [0, 0.05) is 25.9 Å². The van der Waals surface area contributed by atoms with Gasteiger partial charge in [-0.25, -0.2) is 8.42 Å². The maximum atomic E-state index is 12.5. The summed E-state index contributed by atoms with van der Waals surface area (Å²) in [6, 6.07) is 12.5. The summed E-state index contributed by atoms with van der Waals surface area (Å²) in [5.74, 6) is -0.354. The maximum absolute atomic E-state index is 12.5. The summed E-state index contributed by atoms with van der Waals surface area (Å²) in [5, 5.41) is -0.211. The lowest BCUT2D eigenvalue weighted by molar-refractivity contribution is 0.0724. The van der Waals surface area contributed by atoms with Gasteiger partial charge in [0.25, 0.3) is 5.91 Å². The van der Waals surface area contributed by atoms with E-state index in [1.165, 1.54) is 12.1 Å². The number of amides is 1. The molecule has 23 heavy (non-hydrogen) atoms.